The molecule has 0 saturated heterocycles. The van der Waals surface area contributed by atoms with Crippen molar-refractivity contribution in [3.05, 3.63) is 53.6 Å². The van der Waals surface area contributed by atoms with Gasteiger partial charge in [-0.15, -0.1) is 0 Å². The van der Waals surface area contributed by atoms with Crippen LogP contribution in [0, 0.1) is 0 Å². The lowest BCUT2D eigenvalue weighted by atomic mass is 10.1. The quantitative estimate of drug-likeness (QED) is 0.834. The summed E-state index contributed by atoms with van der Waals surface area (Å²) in [6.45, 7) is 0. The van der Waals surface area contributed by atoms with Crippen LogP contribution in [0.15, 0.2) is 53.4 Å². The minimum absolute atomic E-state index is 0.327. The lowest BCUT2D eigenvalue weighted by molar-refractivity contribution is 0.614. The van der Waals surface area contributed by atoms with Gasteiger partial charge in [0.2, 0.25) is 0 Å². The number of benzene rings is 2. The monoisotopic (exact) mass is 252 g/mol. The number of hydrogen-bond donors (Lipinski definition) is 1. The Kier molecular flexibility index (Phi) is 3.27. The predicted molar refractivity (Wildman–Crippen MR) is 65.5 cm³/mol. The molecule has 0 atom stereocenters. The molecule has 0 amide bonds. The molecule has 0 saturated carbocycles. The van der Waals surface area contributed by atoms with Crippen molar-refractivity contribution in [1.82, 2.24) is 0 Å². The maximum absolute atomic E-state index is 10.7. The van der Waals surface area contributed by atoms with Crippen molar-refractivity contribution in [2.75, 3.05) is 0 Å². The van der Waals surface area contributed by atoms with Crippen LogP contribution in [0.3, 0.4) is 0 Å². The third-order valence-corrected chi connectivity index (χ3v) is 3.23. The van der Waals surface area contributed by atoms with E-state index in [4.69, 9.17) is 11.6 Å². The first-order valence-corrected chi connectivity index (χ1v) is 6.23. The SMILES string of the molecule is O=[SH](=O)c1ccc(-c2ccc(Cl)cc2)cc1. The highest BCUT2D eigenvalue weighted by Gasteiger charge is 1.99. The highest BCUT2D eigenvalue weighted by atomic mass is 35.5. The molecule has 82 valence electrons. The minimum atomic E-state index is -2.50. The van der Waals surface area contributed by atoms with Gasteiger partial charge in [0.15, 0.2) is 10.7 Å². The molecule has 0 unspecified atom stereocenters. The number of rotatable bonds is 2. The van der Waals surface area contributed by atoms with E-state index in [1.807, 2.05) is 12.1 Å². The Hall–Kier alpha value is -1.32. The minimum Gasteiger partial charge on any atom is -0.227 e. The van der Waals surface area contributed by atoms with E-state index in [1.54, 1.807) is 36.4 Å². The van der Waals surface area contributed by atoms with Crippen LogP contribution in [0.4, 0.5) is 0 Å². The van der Waals surface area contributed by atoms with E-state index in [9.17, 15) is 8.42 Å². The third-order valence-electron chi connectivity index (χ3n) is 2.26. The van der Waals surface area contributed by atoms with Gasteiger partial charge in [-0.3, -0.25) is 0 Å². The summed E-state index contributed by atoms with van der Waals surface area (Å²) in [5, 5.41) is 0.683. The maximum Gasteiger partial charge on any atom is 0.168 e. The van der Waals surface area contributed by atoms with Gasteiger partial charge in [0.1, 0.15) is 0 Å². The number of halogens is 1. The average Bonchev–Trinajstić information content (AvgIpc) is 2.30. The second-order valence-corrected chi connectivity index (χ2v) is 4.78. The fourth-order valence-corrected chi connectivity index (χ4v) is 1.94. The second kappa shape index (κ2) is 4.68. The van der Waals surface area contributed by atoms with Crippen molar-refractivity contribution in [2.45, 2.75) is 4.90 Å². The molecule has 0 spiro atoms. The van der Waals surface area contributed by atoms with Crippen molar-refractivity contribution >= 4 is 22.3 Å². The first-order valence-electron chi connectivity index (χ1n) is 4.67. The zero-order valence-electron chi connectivity index (χ0n) is 8.26. The molecule has 2 aromatic carbocycles. The van der Waals surface area contributed by atoms with E-state index in [1.165, 1.54) is 0 Å². The Morgan fingerprint density at radius 1 is 0.750 bits per heavy atom. The summed E-state index contributed by atoms with van der Waals surface area (Å²) in [6, 6.07) is 14.2. The van der Waals surface area contributed by atoms with Crippen LogP contribution in [-0.4, -0.2) is 8.42 Å². The van der Waals surface area contributed by atoms with E-state index in [0.29, 0.717) is 9.92 Å². The van der Waals surface area contributed by atoms with Crippen molar-refractivity contribution in [3.8, 4) is 11.1 Å². The zero-order valence-corrected chi connectivity index (χ0v) is 9.91. The molecule has 0 aliphatic carbocycles. The van der Waals surface area contributed by atoms with E-state index >= 15 is 0 Å². The topological polar surface area (TPSA) is 34.1 Å². The van der Waals surface area contributed by atoms with Gasteiger partial charge in [0.05, 0.1) is 4.90 Å². The van der Waals surface area contributed by atoms with Crippen LogP contribution in [0.2, 0.25) is 5.02 Å². The summed E-state index contributed by atoms with van der Waals surface area (Å²) in [6.07, 6.45) is 0. The van der Waals surface area contributed by atoms with E-state index in [0.717, 1.165) is 11.1 Å². The molecule has 0 bridgehead atoms. The van der Waals surface area contributed by atoms with E-state index < -0.39 is 10.7 Å². The van der Waals surface area contributed by atoms with Crippen molar-refractivity contribution in [1.29, 1.82) is 0 Å². The van der Waals surface area contributed by atoms with Gasteiger partial charge in [-0.25, -0.2) is 8.42 Å². The summed E-state index contributed by atoms with van der Waals surface area (Å²) < 4.78 is 21.4. The Morgan fingerprint density at radius 2 is 1.19 bits per heavy atom. The van der Waals surface area contributed by atoms with Crippen molar-refractivity contribution in [3.63, 3.8) is 0 Å². The molecule has 0 aliphatic rings. The molecule has 16 heavy (non-hydrogen) atoms. The van der Waals surface area contributed by atoms with Gasteiger partial charge in [-0.1, -0.05) is 35.9 Å². The molecular formula is C12H9ClO2S. The third kappa shape index (κ3) is 2.43. The molecule has 2 nitrogen and oxygen atoms in total. The Bertz CT molecular complexity index is 549. The molecular weight excluding hydrogens is 244 g/mol. The smallest absolute Gasteiger partial charge is 0.168 e. The Labute approximate surface area is 100 Å². The predicted octanol–water partition coefficient (Wildman–Crippen LogP) is 2.98. The lowest BCUT2D eigenvalue weighted by Gasteiger charge is -2.01. The number of hydrogen-bond acceptors (Lipinski definition) is 2. The van der Waals surface area contributed by atoms with Gasteiger partial charge in [-0.2, -0.15) is 0 Å². The van der Waals surface area contributed by atoms with Gasteiger partial charge in [-0.05, 0) is 35.4 Å². The fourth-order valence-electron chi connectivity index (χ4n) is 1.42. The standard InChI is InChI=1S/C12H9ClO2S/c13-11-5-1-9(2-6-11)10-3-7-12(8-4-10)16(14)15/h1-8,16H. The molecule has 2 aromatic rings. The average molecular weight is 253 g/mol. The first kappa shape index (κ1) is 11.2. The molecule has 0 aromatic heterocycles. The fraction of sp³-hybridized carbons (Fsp3) is 0. The highest BCUT2D eigenvalue weighted by molar-refractivity contribution is 7.72. The second-order valence-electron chi connectivity index (χ2n) is 3.31. The maximum atomic E-state index is 10.7. The van der Waals surface area contributed by atoms with Gasteiger partial charge in [0.25, 0.3) is 0 Å². The molecule has 0 aliphatic heterocycles. The summed E-state index contributed by atoms with van der Waals surface area (Å²) in [4.78, 5) is 0.327. The molecule has 0 heterocycles. The Morgan fingerprint density at radius 3 is 1.62 bits per heavy atom. The van der Waals surface area contributed by atoms with Gasteiger partial charge in [0, 0.05) is 5.02 Å². The van der Waals surface area contributed by atoms with Gasteiger partial charge >= 0.3 is 0 Å². The van der Waals surface area contributed by atoms with Crippen LogP contribution in [0.5, 0.6) is 0 Å². The summed E-state index contributed by atoms with van der Waals surface area (Å²) in [5.41, 5.74) is 1.98. The summed E-state index contributed by atoms with van der Waals surface area (Å²) in [7, 11) is -2.50. The van der Waals surface area contributed by atoms with E-state index in [2.05, 4.69) is 0 Å². The molecule has 0 radical (unpaired) electrons. The lowest BCUT2D eigenvalue weighted by Crippen LogP contribution is -1.81. The zero-order chi connectivity index (χ0) is 11.5. The largest absolute Gasteiger partial charge is 0.227 e. The van der Waals surface area contributed by atoms with Crippen LogP contribution >= 0.6 is 11.6 Å². The van der Waals surface area contributed by atoms with Crippen LogP contribution in [0.1, 0.15) is 0 Å². The highest BCUT2D eigenvalue weighted by Crippen LogP contribution is 2.21. The van der Waals surface area contributed by atoms with Crippen LogP contribution < -0.4 is 0 Å². The van der Waals surface area contributed by atoms with Crippen LogP contribution in [0.25, 0.3) is 11.1 Å². The first-order chi connectivity index (χ1) is 7.66. The molecule has 0 fully saturated rings. The number of thiol groups is 1. The van der Waals surface area contributed by atoms with E-state index in [-0.39, 0.29) is 0 Å². The normalized spacial score (nSPS) is 10.6. The molecule has 2 rings (SSSR count). The summed E-state index contributed by atoms with van der Waals surface area (Å²) >= 11 is 5.79. The molecule has 4 heteroatoms. The Balaban J connectivity index is 2.38. The molecule has 0 N–H and O–H groups in total. The van der Waals surface area contributed by atoms with Gasteiger partial charge < -0.3 is 0 Å². The van der Waals surface area contributed by atoms with Crippen LogP contribution in [-0.2, 0) is 10.7 Å². The summed E-state index contributed by atoms with van der Waals surface area (Å²) in [5.74, 6) is 0. The van der Waals surface area contributed by atoms with Crippen molar-refractivity contribution in [2.24, 2.45) is 0 Å². The van der Waals surface area contributed by atoms with Crippen molar-refractivity contribution < 1.29 is 8.42 Å².